The van der Waals surface area contributed by atoms with Crippen molar-refractivity contribution in [3.8, 4) is 17.0 Å². The van der Waals surface area contributed by atoms with E-state index in [9.17, 15) is 9.59 Å². The van der Waals surface area contributed by atoms with Crippen molar-refractivity contribution in [1.29, 1.82) is 0 Å². The van der Waals surface area contributed by atoms with Gasteiger partial charge in [0.15, 0.2) is 0 Å². The maximum Gasteiger partial charge on any atom is 0.267 e. The minimum atomic E-state index is -0.788. The van der Waals surface area contributed by atoms with Crippen molar-refractivity contribution in [1.82, 2.24) is 14.8 Å². The van der Waals surface area contributed by atoms with E-state index in [1.54, 1.807) is 31.4 Å². The summed E-state index contributed by atoms with van der Waals surface area (Å²) in [5, 5.41) is 8.22. The summed E-state index contributed by atoms with van der Waals surface area (Å²) in [7, 11) is 1.60. The van der Waals surface area contributed by atoms with Crippen molar-refractivity contribution in [2.75, 3.05) is 12.4 Å². The Labute approximate surface area is 177 Å². The number of aromatic nitrogens is 3. The van der Waals surface area contributed by atoms with Crippen LogP contribution in [0.1, 0.15) is 18.0 Å². The monoisotopic (exact) mass is 420 g/mol. The normalized spacial score (nSPS) is 12.0. The largest absolute Gasteiger partial charge is 0.497 e. The average molecular weight is 420 g/mol. The van der Waals surface area contributed by atoms with Gasteiger partial charge in [-0.1, -0.05) is 0 Å². The summed E-state index contributed by atoms with van der Waals surface area (Å²) in [6, 6.07) is 15.2. The molecule has 0 radical (unpaired) electrons. The lowest BCUT2D eigenvalue weighted by molar-refractivity contribution is -0.119. The van der Waals surface area contributed by atoms with Gasteiger partial charge in [0.05, 0.1) is 28.0 Å². The van der Waals surface area contributed by atoms with E-state index >= 15 is 0 Å². The number of aryl methyl sites for hydroxylation is 1. The smallest absolute Gasteiger partial charge is 0.267 e. The zero-order valence-corrected chi connectivity index (χ0v) is 17.6. The van der Waals surface area contributed by atoms with Gasteiger partial charge in [-0.15, -0.1) is 11.3 Å². The molecular weight excluding hydrogens is 400 g/mol. The van der Waals surface area contributed by atoms with Gasteiger partial charge in [-0.05, 0) is 62.4 Å². The minimum Gasteiger partial charge on any atom is -0.497 e. The third kappa shape index (κ3) is 3.95. The summed E-state index contributed by atoms with van der Waals surface area (Å²) in [6.45, 7) is 3.59. The van der Waals surface area contributed by atoms with Gasteiger partial charge in [0.2, 0.25) is 5.91 Å². The lowest BCUT2D eigenvalue weighted by Gasteiger charge is -2.15. The summed E-state index contributed by atoms with van der Waals surface area (Å²) in [5.41, 5.74) is 2.53. The van der Waals surface area contributed by atoms with Gasteiger partial charge in [0.25, 0.3) is 5.56 Å². The van der Waals surface area contributed by atoms with E-state index < -0.39 is 6.04 Å². The number of thiazole rings is 1. The van der Waals surface area contributed by atoms with Crippen molar-refractivity contribution in [3.05, 3.63) is 70.0 Å². The number of nitrogens with zero attached hydrogens (tertiary/aromatic N) is 3. The van der Waals surface area contributed by atoms with Crippen LogP contribution in [-0.4, -0.2) is 27.8 Å². The van der Waals surface area contributed by atoms with E-state index in [0.717, 1.165) is 26.5 Å². The number of anilines is 1. The molecule has 0 bridgehead atoms. The standard InChI is InChI=1S/C22H20N4O3S/c1-13(22(28)24-16-6-10-20-19(12-16)23-14(2)30-20)26-21(27)11-9-18(25-26)15-4-7-17(29-3)8-5-15/h4-13H,1-3H3,(H,24,28). The van der Waals surface area contributed by atoms with Gasteiger partial charge in [0, 0.05) is 17.3 Å². The molecule has 4 rings (SSSR count). The van der Waals surface area contributed by atoms with Crippen LogP contribution in [0.2, 0.25) is 0 Å². The molecule has 0 spiro atoms. The Kier molecular flexibility index (Phi) is 5.33. The SMILES string of the molecule is COc1ccc(-c2ccc(=O)n(C(C)C(=O)Nc3ccc4sc(C)nc4c3)n2)cc1. The molecule has 0 saturated heterocycles. The van der Waals surface area contributed by atoms with Crippen LogP contribution in [0.5, 0.6) is 5.75 Å². The molecule has 2 aromatic carbocycles. The van der Waals surface area contributed by atoms with Crippen molar-refractivity contribution in [2.24, 2.45) is 0 Å². The third-order valence-corrected chi connectivity index (χ3v) is 5.67. The van der Waals surface area contributed by atoms with Crippen LogP contribution in [-0.2, 0) is 4.79 Å². The van der Waals surface area contributed by atoms with E-state index in [2.05, 4.69) is 15.4 Å². The third-order valence-electron chi connectivity index (χ3n) is 4.72. The van der Waals surface area contributed by atoms with Crippen LogP contribution in [0.4, 0.5) is 5.69 Å². The van der Waals surface area contributed by atoms with E-state index in [-0.39, 0.29) is 11.5 Å². The van der Waals surface area contributed by atoms with E-state index in [1.165, 1.54) is 10.7 Å². The molecule has 0 fully saturated rings. The zero-order valence-electron chi connectivity index (χ0n) is 16.7. The van der Waals surface area contributed by atoms with E-state index in [0.29, 0.717) is 11.4 Å². The summed E-state index contributed by atoms with van der Waals surface area (Å²) in [4.78, 5) is 29.6. The molecule has 0 aliphatic heterocycles. The number of amides is 1. The molecule has 7 nitrogen and oxygen atoms in total. The molecule has 8 heteroatoms. The molecule has 1 unspecified atom stereocenters. The van der Waals surface area contributed by atoms with Crippen LogP contribution < -0.4 is 15.6 Å². The Morgan fingerprint density at radius 1 is 1.13 bits per heavy atom. The highest BCUT2D eigenvalue weighted by atomic mass is 32.1. The molecule has 1 N–H and O–H groups in total. The number of hydrogen-bond acceptors (Lipinski definition) is 6. The van der Waals surface area contributed by atoms with Crippen LogP contribution in [0, 0.1) is 6.92 Å². The average Bonchev–Trinajstić information content (AvgIpc) is 3.13. The van der Waals surface area contributed by atoms with Crippen molar-refractivity contribution in [3.63, 3.8) is 0 Å². The fraction of sp³-hybridized carbons (Fsp3) is 0.182. The molecule has 0 aliphatic carbocycles. The molecule has 0 aliphatic rings. The first-order valence-corrected chi connectivity index (χ1v) is 10.2. The molecule has 152 valence electrons. The first kappa shape index (κ1) is 19.8. The Bertz CT molecular complexity index is 1280. The van der Waals surface area contributed by atoms with Crippen LogP contribution in [0.15, 0.2) is 59.4 Å². The van der Waals surface area contributed by atoms with Crippen LogP contribution in [0.25, 0.3) is 21.5 Å². The second-order valence-corrected chi connectivity index (χ2v) is 8.05. The lowest BCUT2D eigenvalue weighted by Crippen LogP contribution is -2.33. The second-order valence-electron chi connectivity index (χ2n) is 6.81. The molecule has 4 aromatic rings. The number of rotatable bonds is 5. The summed E-state index contributed by atoms with van der Waals surface area (Å²) in [6.07, 6.45) is 0. The minimum absolute atomic E-state index is 0.331. The van der Waals surface area contributed by atoms with Gasteiger partial charge in [-0.3, -0.25) is 9.59 Å². The maximum absolute atomic E-state index is 12.8. The first-order chi connectivity index (χ1) is 14.4. The van der Waals surface area contributed by atoms with Crippen molar-refractivity contribution < 1.29 is 9.53 Å². The van der Waals surface area contributed by atoms with Crippen LogP contribution in [0.3, 0.4) is 0 Å². The molecule has 0 saturated carbocycles. The molecule has 2 heterocycles. The maximum atomic E-state index is 12.8. The van der Waals surface area contributed by atoms with Crippen molar-refractivity contribution in [2.45, 2.75) is 19.9 Å². The molecule has 1 amide bonds. The molecular formula is C22H20N4O3S. The topological polar surface area (TPSA) is 86.1 Å². The number of fused-ring (bicyclic) bond motifs is 1. The van der Waals surface area contributed by atoms with Crippen LogP contribution >= 0.6 is 11.3 Å². The number of methoxy groups -OCH3 is 1. The quantitative estimate of drug-likeness (QED) is 0.527. The summed E-state index contributed by atoms with van der Waals surface area (Å²) < 4.78 is 7.42. The molecule has 30 heavy (non-hydrogen) atoms. The lowest BCUT2D eigenvalue weighted by atomic mass is 10.1. The fourth-order valence-electron chi connectivity index (χ4n) is 3.10. The van der Waals surface area contributed by atoms with E-state index in [1.807, 2.05) is 49.4 Å². The summed E-state index contributed by atoms with van der Waals surface area (Å²) >= 11 is 1.60. The number of nitrogens with one attached hydrogen (secondary N) is 1. The number of carbonyl (C=O) groups excluding carboxylic acids is 1. The van der Waals surface area contributed by atoms with Gasteiger partial charge < -0.3 is 10.1 Å². The first-order valence-electron chi connectivity index (χ1n) is 9.37. The van der Waals surface area contributed by atoms with Crippen molar-refractivity contribution >= 4 is 33.1 Å². The van der Waals surface area contributed by atoms with E-state index in [4.69, 9.17) is 4.74 Å². The second kappa shape index (κ2) is 8.08. The van der Waals surface area contributed by atoms with Gasteiger partial charge in [0.1, 0.15) is 11.8 Å². The Morgan fingerprint density at radius 3 is 2.63 bits per heavy atom. The Hall–Kier alpha value is -3.52. The predicted octanol–water partition coefficient (Wildman–Crippen LogP) is 4.04. The predicted molar refractivity (Wildman–Crippen MR) is 118 cm³/mol. The number of benzene rings is 2. The number of hydrogen-bond donors (Lipinski definition) is 1. The summed E-state index contributed by atoms with van der Waals surface area (Å²) in [5.74, 6) is 0.398. The highest BCUT2D eigenvalue weighted by molar-refractivity contribution is 7.18. The Morgan fingerprint density at radius 2 is 1.90 bits per heavy atom. The highest BCUT2D eigenvalue weighted by Crippen LogP contribution is 2.25. The highest BCUT2D eigenvalue weighted by Gasteiger charge is 2.18. The van der Waals surface area contributed by atoms with Gasteiger partial charge in [-0.2, -0.15) is 5.10 Å². The fourth-order valence-corrected chi connectivity index (χ4v) is 3.90. The Balaban J connectivity index is 1.58. The number of ether oxygens (including phenoxy) is 1. The molecule has 2 aromatic heterocycles. The number of carbonyl (C=O) groups is 1. The zero-order chi connectivity index (χ0) is 21.3. The van der Waals surface area contributed by atoms with Gasteiger partial charge in [-0.25, -0.2) is 9.67 Å². The molecule has 1 atom stereocenters. The van der Waals surface area contributed by atoms with Gasteiger partial charge >= 0.3 is 0 Å².